The van der Waals surface area contributed by atoms with Crippen molar-refractivity contribution in [2.24, 2.45) is 0 Å². The summed E-state index contributed by atoms with van der Waals surface area (Å²) in [5, 5.41) is 1.95. The number of benzene rings is 2. The summed E-state index contributed by atoms with van der Waals surface area (Å²) in [6, 6.07) is 15.0. The topological polar surface area (TPSA) is 49.9 Å². The summed E-state index contributed by atoms with van der Waals surface area (Å²) in [6.07, 6.45) is 1.64. The predicted molar refractivity (Wildman–Crippen MR) is 109 cm³/mol. The monoisotopic (exact) mass is 406 g/mol. The molecule has 1 fully saturated rings. The highest BCUT2D eigenvalue weighted by Gasteiger charge is 2.25. The number of rotatable bonds is 6. The lowest BCUT2D eigenvalue weighted by atomic mass is 10.1. The highest BCUT2D eigenvalue weighted by molar-refractivity contribution is 7.92. The Labute approximate surface area is 165 Å². The molecule has 5 nitrogen and oxygen atoms in total. The van der Waals surface area contributed by atoms with Gasteiger partial charge in [0, 0.05) is 48.7 Å². The van der Waals surface area contributed by atoms with Crippen LogP contribution in [-0.4, -0.2) is 50.9 Å². The molecule has 0 N–H and O–H groups in total. The molecule has 0 saturated carbocycles. The minimum Gasteiger partial charge on any atom is -0.496 e. The summed E-state index contributed by atoms with van der Waals surface area (Å²) < 4.78 is 32.0. The molecule has 1 aliphatic rings. The van der Waals surface area contributed by atoms with E-state index >= 15 is 0 Å². The molecule has 3 rings (SSSR count). The number of hydrogen-bond acceptors (Lipinski definition) is 4. The zero-order valence-corrected chi connectivity index (χ0v) is 16.8. The van der Waals surface area contributed by atoms with E-state index in [0.29, 0.717) is 37.7 Å². The molecular weight excluding hydrogens is 384 g/mol. The van der Waals surface area contributed by atoms with E-state index in [1.807, 2.05) is 42.5 Å². The van der Waals surface area contributed by atoms with Gasteiger partial charge in [0.05, 0.1) is 7.11 Å². The van der Waals surface area contributed by atoms with Gasteiger partial charge < -0.3 is 4.74 Å². The minimum atomic E-state index is -3.42. The van der Waals surface area contributed by atoms with Crippen LogP contribution < -0.4 is 4.74 Å². The third-order valence-electron chi connectivity index (χ3n) is 4.56. The largest absolute Gasteiger partial charge is 0.496 e. The fraction of sp³-hybridized carbons (Fsp3) is 0.300. The van der Waals surface area contributed by atoms with Crippen LogP contribution in [0.25, 0.3) is 6.08 Å². The minimum absolute atomic E-state index is 0.463. The molecule has 0 radical (unpaired) electrons. The highest BCUT2D eigenvalue weighted by atomic mass is 35.5. The van der Waals surface area contributed by atoms with Crippen molar-refractivity contribution in [1.82, 2.24) is 9.21 Å². The molecule has 0 bridgehead atoms. The lowest BCUT2D eigenvalue weighted by molar-refractivity contribution is 0.181. The van der Waals surface area contributed by atoms with Crippen LogP contribution in [0.2, 0.25) is 5.02 Å². The number of methoxy groups -OCH3 is 1. The Balaban J connectivity index is 1.60. The summed E-state index contributed by atoms with van der Waals surface area (Å²) in [4.78, 5) is 2.21. The second-order valence-electron chi connectivity index (χ2n) is 6.39. The van der Waals surface area contributed by atoms with Gasteiger partial charge in [0.2, 0.25) is 10.0 Å². The summed E-state index contributed by atoms with van der Waals surface area (Å²) in [7, 11) is -1.78. The highest BCUT2D eigenvalue weighted by Crippen LogP contribution is 2.24. The smallest absolute Gasteiger partial charge is 0.236 e. The molecule has 7 heteroatoms. The first kappa shape index (κ1) is 19.9. The summed E-state index contributed by atoms with van der Waals surface area (Å²) in [6.45, 7) is 2.92. The quantitative estimate of drug-likeness (QED) is 0.737. The molecule has 1 saturated heterocycles. The Kier molecular flexibility index (Phi) is 6.55. The summed E-state index contributed by atoms with van der Waals surface area (Å²) in [5.41, 5.74) is 1.87. The maximum absolute atomic E-state index is 12.6. The first-order valence-corrected chi connectivity index (χ1v) is 10.6. The number of halogens is 1. The van der Waals surface area contributed by atoms with Crippen LogP contribution in [-0.2, 0) is 16.6 Å². The zero-order valence-electron chi connectivity index (χ0n) is 15.2. The Morgan fingerprint density at radius 2 is 1.78 bits per heavy atom. The average molecular weight is 407 g/mol. The van der Waals surface area contributed by atoms with Crippen molar-refractivity contribution in [1.29, 1.82) is 0 Å². The molecule has 0 atom stereocenters. The average Bonchev–Trinajstić information content (AvgIpc) is 2.68. The van der Waals surface area contributed by atoms with Crippen molar-refractivity contribution in [3.8, 4) is 5.75 Å². The maximum atomic E-state index is 12.6. The van der Waals surface area contributed by atoms with E-state index in [1.165, 1.54) is 9.71 Å². The summed E-state index contributed by atoms with van der Waals surface area (Å²) >= 11 is 6.09. The number of sulfonamides is 1. The van der Waals surface area contributed by atoms with Gasteiger partial charge in [0.25, 0.3) is 0 Å². The molecule has 2 aromatic carbocycles. The first-order chi connectivity index (χ1) is 13.0. The molecule has 0 aromatic heterocycles. The van der Waals surface area contributed by atoms with Gasteiger partial charge in [-0.25, -0.2) is 8.42 Å². The van der Waals surface area contributed by atoms with Crippen LogP contribution in [0.4, 0.5) is 0 Å². The summed E-state index contributed by atoms with van der Waals surface area (Å²) in [5.74, 6) is 0.792. The Morgan fingerprint density at radius 1 is 1.07 bits per heavy atom. The Bertz CT molecular complexity index is 893. The predicted octanol–water partition coefficient (Wildman–Crippen LogP) is 3.47. The van der Waals surface area contributed by atoms with Gasteiger partial charge in [-0.2, -0.15) is 4.31 Å². The molecule has 0 spiro atoms. The van der Waals surface area contributed by atoms with Crippen LogP contribution in [0.1, 0.15) is 11.1 Å². The fourth-order valence-electron chi connectivity index (χ4n) is 3.07. The van der Waals surface area contributed by atoms with E-state index in [-0.39, 0.29) is 0 Å². The van der Waals surface area contributed by atoms with Crippen LogP contribution in [0.5, 0.6) is 5.75 Å². The molecule has 27 heavy (non-hydrogen) atoms. The van der Waals surface area contributed by atoms with Gasteiger partial charge in [-0.15, -0.1) is 0 Å². The van der Waals surface area contributed by atoms with Crippen molar-refractivity contribution in [3.63, 3.8) is 0 Å². The van der Waals surface area contributed by atoms with Crippen molar-refractivity contribution in [3.05, 3.63) is 70.1 Å². The van der Waals surface area contributed by atoms with Gasteiger partial charge in [-0.05, 0) is 29.8 Å². The van der Waals surface area contributed by atoms with E-state index in [9.17, 15) is 8.42 Å². The third-order valence-corrected chi connectivity index (χ3v) is 6.36. The Morgan fingerprint density at radius 3 is 2.44 bits per heavy atom. The van der Waals surface area contributed by atoms with Crippen molar-refractivity contribution < 1.29 is 13.2 Å². The first-order valence-electron chi connectivity index (χ1n) is 8.76. The molecule has 144 valence electrons. The van der Waals surface area contributed by atoms with E-state index in [2.05, 4.69) is 4.90 Å². The number of nitrogens with zero attached hydrogens (tertiary/aromatic N) is 2. The van der Waals surface area contributed by atoms with E-state index in [4.69, 9.17) is 16.3 Å². The third kappa shape index (κ3) is 5.32. The molecule has 1 aliphatic heterocycles. The fourth-order valence-corrected chi connectivity index (χ4v) is 4.44. The van der Waals surface area contributed by atoms with Crippen LogP contribution in [0, 0.1) is 0 Å². The van der Waals surface area contributed by atoms with Crippen molar-refractivity contribution >= 4 is 27.7 Å². The van der Waals surface area contributed by atoms with Gasteiger partial charge in [0.15, 0.2) is 0 Å². The molecule has 0 amide bonds. The zero-order chi connectivity index (χ0) is 19.3. The Hall–Kier alpha value is -1.86. The van der Waals surface area contributed by atoms with Crippen LogP contribution >= 0.6 is 11.6 Å². The normalized spacial score (nSPS) is 16.7. The van der Waals surface area contributed by atoms with E-state index < -0.39 is 10.0 Å². The van der Waals surface area contributed by atoms with Gasteiger partial charge >= 0.3 is 0 Å². The second-order valence-corrected chi connectivity index (χ2v) is 8.64. The van der Waals surface area contributed by atoms with Crippen molar-refractivity contribution in [2.45, 2.75) is 6.54 Å². The van der Waals surface area contributed by atoms with Gasteiger partial charge in [-0.3, -0.25) is 4.90 Å². The number of hydrogen-bond donors (Lipinski definition) is 0. The number of ether oxygens (including phenoxy) is 1. The SMILES string of the molecule is COc1ccc(Cl)cc1CN1CCN(S(=O)(=O)/C=C/c2ccccc2)CC1. The molecule has 2 aromatic rings. The molecular formula is C20H23ClN2O3S. The lowest BCUT2D eigenvalue weighted by Gasteiger charge is -2.33. The molecule has 1 heterocycles. The number of piperazine rings is 1. The van der Waals surface area contributed by atoms with Crippen LogP contribution in [0.3, 0.4) is 0 Å². The standard InChI is InChI=1S/C20H23ClN2O3S/c1-26-20-8-7-19(21)15-18(20)16-22-10-12-23(13-11-22)27(24,25)14-9-17-5-3-2-4-6-17/h2-9,14-15H,10-13,16H2,1H3/b14-9+. The lowest BCUT2D eigenvalue weighted by Crippen LogP contribution is -2.47. The maximum Gasteiger partial charge on any atom is 0.236 e. The molecule has 0 unspecified atom stereocenters. The van der Waals surface area contributed by atoms with Gasteiger partial charge in [-0.1, -0.05) is 41.9 Å². The van der Waals surface area contributed by atoms with Crippen molar-refractivity contribution in [2.75, 3.05) is 33.3 Å². The van der Waals surface area contributed by atoms with E-state index in [0.717, 1.165) is 16.9 Å². The van der Waals surface area contributed by atoms with Crippen LogP contribution in [0.15, 0.2) is 53.9 Å². The van der Waals surface area contributed by atoms with Gasteiger partial charge in [0.1, 0.15) is 5.75 Å². The van der Waals surface area contributed by atoms with E-state index in [1.54, 1.807) is 19.3 Å². The second kappa shape index (κ2) is 8.89. The molecule has 0 aliphatic carbocycles.